The molecule has 1 aromatic rings. The van der Waals surface area contributed by atoms with E-state index in [4.69, 9.17) is 10.5 Å². The molecule has 2 N–H and O–H groups in total. The summed E-state index contributed by atoms with van der Waals surface area (Å²) < 4.78 is 31.5. The van der Waals surface area contributed by atoms with E-state index >= 15 is 0 Å². The monoisotopic (exact) mass is 227 g/mol. The Kier molecular flexibility index (Phi) is 3.51. The predicted octanol–water partition coefficient (Wildman–Crippen LogP) is 2.22. The van der Waals surface area contributed by atoms with E-state index in [1.807, 2.05) is 0 Å². The number of rotatable bonds is 4. The molecule has 0 atom stereocenters. The molecular weight excluding hydrogens is 212 g/mol. The fourth-order valence-electron chi connectivity index (χ4n) is 1.86. The third-order valence-corrected chi connectivity index (χ3v) is 3.01. The van der Waals surface area contributed by atoms with E-state index in [1.165, 1.54) is 6.07 Å². The first kappa shape index (κ1) is 11.5. The van der Waals surface area contributed by atoms with Gasteiger partial charge in [-0.1, -0.05) is 0 Å². The summed E-state index contributed by atoms with van der Waals surface area (Å²) in [5.74, 6) is -0.327. The Balaban J connectivity index is 1.83. The molecule has 0 aromatic heterocycles. The van der Waals surface area contributed by atoms with Crippen LogP contribution < -0.4 is 5.73 Å². The zero-order chi connectivity index (χ0) is 11.5. The Morgan fingerprint density at radius 1 is 1.31 bits per heavy atom. The molecule has 1 aliphatic rings. The lowest BCUT2D eigenvalue weighted by molar-refractivity contribution is -0.0385. The highest BCUT2D eigenvalue weighted by Crippen LogP contribution is 2.29. The quantitative estimate of drug-likeness (QED) is 0.856. The van der Waals surface area contributed by atoms with Gasteiger partial charge in [-0.25, -0.2) is 8.78 Å². The molecule has 4 heteroatoms. The fourth-order valence-corrected chi connectivity index (χ4v) is 1.86. The first-order chi connectivity index (χ1) is 7.69. The molecule has 0 unspecified atom stereocenters. The Morgan fingerprint density at radius 3 is 2.75 bits per heavy atom. The Morgan fingerprint density at radius 2 is 2.06 bits per heavy atom. The number of ether oxygens (including phenoxy) is 1. The molecule has 0 spiro atoms. The molecule has 0 radical (unpaired) electrons. The Labute approximate surface area is 93.4 Å². The van der Waals surface area contributed by atoms with Gasteiger partial charge >= 0.3 is 0 Å². The van der Waals surface area contributed by atoms with E-state index in [0.29, 0.717) is 12.5 Å². The Bertz CT molecular complexity index is 364. The molecule has 2 rings (SSSR count). The lowest BCUT2D eigenvalue weighted by Crippen LogP contribution is -2.35. The minimum Gasteiger partial charge on any atom is -0.373 e. The van der Waals surface area contributed by atoms with Crippen LogP contribution >= 0.6 is 0 Å². The van der Waals surface area contributed by atoms with Crippen LogP contribution in [0.5, 0.6) is 0 Å². The van der Waals surface area contributed by atoms with Crippen LogP contribution in [-0.4, -0.2) is 12.6 Å². The van der Waals surface area contributed by atoms with Crippen molar-refractivity contribution in [2.45, 2.75) is 25.6 Å². The second-order valence-corrected chi connectivity index (χ2v) is 4.24. The third-order valence-electron chi connectivity index (χ3n) is 3.01. The van der Waals surface area contributed by atoms with Gasteiger partial charge in [0.1, 0.15) is 11.6 Å². The minimum absolute atomic E-state index is 0.131. The van der Waals surface area contributed by atoms with E-state index < -0.39 is 11.6 Å². The fraction of sp³-hybridized carbons (Fsp3) is 0.500. The maximum atomic E-state index is 13.2. The van der Waals surface area contributed by atoms with Crippen LogP contribution in [0.4, 0.5) is 8.78 Å². The van der Waals surface area contributed by atoms with Crippen LogP contribution in [0, 0.1) is 17.6 Å². The zero-order valence-corrected chi connectivity index (χ0v) is 8.96. The second kappa shape index (κ2) is 4.89. The standard InChI is InChI=1S/C12H15F2NO/c13-10-1-2-12(14)9(5-10)7-16-11-3-8(4-11)6-15/h1-2,5,8,11H,3-4,6-7,15H2. The first-order valence-corrected chi connectivity index (χ1v) is 5.44. The van der Waals surface area contributed by atoms with Crippen molar-refractivity contribution in [1.29, 1.82) is 0 Å². The minimum atomic E-state index is -0.437. The smallest absolute Gasteiger partial charge is 0.128 e. The third kappa shape index (κ3) is 2.57. The van der Waals surface area contributed by atoms with Crippen LogP contribution in [0.1, 0.15) is 18.4 Å². The molecule has 16 heavy (non-hydrogen) atoms. The topological polar surface area (TPSA) is 35.2 Å². The molecule has 1 aromatic carbocycles. The van der Waals surface area contributed by atoms with Gasteiger partial charge in [0.2, 0.25) is 0 Å². The average molecular weight is 227 g/mol. The summed E-state index contributed by atoms with van der Waals surface area (Å²) in [5, 5.41) is 0. The maximum Gasteiger partial charge on any atom is 0.128 e. The van der Waals surface area contributed by atoms with Crippen molar-refractivity contribution in [3.8, 4) is 0 Å². The highest BCUT2D eigenvalue weighted by molar-refractivity contribution is 5.17. The summed E-state index contributed by atoms with van der Waals surface area (Å²) in [4.78, 5) is 0. The summed E-state index contributed by atoms with van der Waals surface area (Å²) in [6, 6.07) is 3.40. The predicted molar refractivity (Wildman–Crippen MR) is 56.7 cm³/mol. The molecule has 1 fully saturated rings. The van der Waals surface area contributed by atoms with Gasteiger partial charge in [-0.3, -0.25) is 0 Å². The molecular formula is C12H15F2NO. The summed E-state index contributed by atoms with van der Waals surface area (Å²) in [7, 11) is 0. The van der Waals surface area contributed by atoms with Crippen LogP contribution in [0.3, 0.4) is 0 Å². The molecule has 88 valence electrons. The number of benzene rings is 1. The summed E-state index contributed by atoms with van der Waals surface area (Å²) >= 11 is 0. The van der Waals surface area contributed by atoms with Gasteiger partial charge < -0.3 is 10.5 Å². The molecule has 0 bridgehead atoms. The number of hydrogen-bond acceptors (Lipinski definition) is 2. The molecule has 0 heterocycles. The maximum absolute atomic E-state index is 13.2. The van der Waals surface area contributed by atoms with Crippen molar-refractivity contribution in [1.82, 2.24) is 0 Å². The van der Waals surface area contributed by atoms with E-state index in [1.54, 1.807) is 0 Å². The highest BCUT2D eigenvalue weighted by Gasteiger charge is 2.28. The molecule has 0 aliphatic heterocycles. The van der Waals surface area contributed by atoms with Crippen LogP contribution in [-0.2, 0) is 11.3 Å². The van der Waals surface area contributed by atoms with Crippen LogP contribution in [0.2, 0.25) is 0 Å². The van der Waals surface area contributed by atoms with Gasteiger partial charge in [0, 0.05) is 5.56 Å². The van der Waals surface area contributed by atoms with Gasteiger partial charge in [0.15, 0.2) is 0 Å². The number of hydrogen-bond donors (Lipinski definition) is 1. The average Bonchev–Trinajstić information content (AvgIpc) is 2.21. The molecule has 1 saturated carbocycles. The van der Waals surface area contributed by atoms with Gasteiger partial charge in [-0.15, -0.1) is 0 Å². The van der Waals surface area contributed by atoms with Crippen molar-refractivity contribution < 1.29 is 13.5 Å². The largest absolute Gasteiger partial charge is 0.373 e. The van der Waals surface area contributed by atoms with Gasteiger partial charge in [-0.05, 0) is 43.5 Å². The zero-order valence-electron chi connectivity index (χ0n) is 8.96. The molecule has 0 saturated heterocycles. The van der Waals surface area contributed by atoms with Crippen molar-refractivity contribution in [2.24, 2.45) is 11.7 Å². The summed E-state index contributed by atoms with van der Waals surface area (Å²) in [5.41, 5.74) is 5.76. The van der Waals surface area contributed by atoms with Crippen molar-refractivity contribution in [3.63, 3.8) is 0 Å². The normalized spacial score (nSPS) is 24.2. The Hall–Kier alpha value is -1.00. The lowest BCUT2D eigenvalue weighted by atomic mass is 9.82. The summed E-state index contributed by atoms with van der Waals surface area (Å²) in [6.45, 7) is 0.805. The van der Waals surface area contributed by atoms with Crippen LogP contribution in [0.25, 0.3) is 0 Å². The SMILES string of the molecule is NCC1CC(OCc2cc(F)ccc2F)C1. The van der Waals surface area contributed by atoms with Gasteiger partial charge in [0.05, 0.1) is 12.7 Å². The van der Waals surface area contributed by atoms with E-state index in [2.05, 4.69) is 0 Å². The van der Waals surface area contributed by atoms with Gasteiger partial charge in [-0.2, -0.15) is 0 Å². The van der Waals surface area contributed by atoms with Crippen LogP contribution in [0.15, 0.2) is 18.2 Å². The van der Waals surface area contributed by atoms with E-state index in [0.717, 1.165) is 25.0 Å². The van der Waals surface area contributed by atoms with Gasteiger partial charge in [0.25, 0.3) is 0 Å². The lowest BCUT2D eigenvalue weighted by Gasteiger charge is -2.34. The van der Waals surface area contributed by atoms with E-state index in [-0.39, 0.29) is 18.3 Å². The highest BCUT2D eigenvalue weighted by atomic mass is 19.1. The first-order valence-electron chi connectivity index (χ1n) is 5.44. The molecule has 0 amide bonds. The van der Waals surface area contributed by atoms with Crippen molar-refractivity contribution in [2.75, 3.05) is 6.54 Å². The second-order valence-electron chi connectivity index (χ2n) is 4.24. The summed E-state index contributed by atoms with van der Waals surface area (Å²) in [6.07, 6.45) is 2.00. The molecule has 1 aliphatic carbocycles. The van der Waals surface area contributed by atoms with Crippen molar-refractivity contribution >= 4 is 0 Å². The molecule has 2 nitrogen and oxygen atoms in total. The number of halogens is 2. The number of nitrogens with two attached hydrogens (primary N) is 1. The van der Waals surface area contributed by atoms with Crippen molar-refractivity contribution in [3.05, 3.63) is 35.4 Å². The van der Waals surface area contributed by atoms with E-state index in [9.17, 15) is 8.78 Å².